The molecule has 1 aliphatic heterocycles. The van der Waals surface area contributed by atoms with Crippen LogP contribution in [-0.2, 0) is 16.1 Å². The van der Waals surface area contributed by atoms with Gasteiger partial charge in [0, 0.05) is 16.3 Å². The standard InChI is InChI=1S/C21H18ClF2N5O4/c1-11-17(19(30)32-10-12-3-6-14(31-2)7-4-12)18(29-21(25-11)26-27-28-29)15-9-13(22)5-8-16(15)33-20(23)24/h3-9,18,20H,10H2,1-2H3,(H,25,26,28)/t18-/m0/s1. The summed E-state index contributed by atoms with van der Waals surface area (Å²) in [6.45, 7) is -1.48. The molecule has 1 N–H and O–H groups in total. The molecule has 0 unspecified atom stereocenters. The number of nitrogens with zero attached hydrogens (tertiary/aromatic N) is 4. The fourth-order valence-corrected chi connectivity index (χ4v) is 3.63. The number of rotatable bonds is 7. The lowest BCUT2D eigenvalue weighted by Gasteiger charge is -2.28. The summed E-state index contributed by atoms with van der Waals surface area (Å²) < 4.78 is 42.7. The highest BCUT2D eigenvalue weighted by molar-refractivity contribution is 6.30. The number of esters is 1. The highest BCUT2D eigenvalue weighted by Gasteiger charge is 2.37. The Morgan fingerprint density at radius 2 is 2.00 bits per heavy atom. The molecule has 3 aromatic rings. The predicted octanol–water partition coefficient (Wildman–Crippen LogP) is 3.97. The summed E-state index contributed by atoms with van der Waals surface area (Å²) in [5, 5.41) is 14.6. The molecule has 1 atom stereocenters. The minimum atomic E-state index is -3.09. The number of aromatic nitrogens is 4. The van der Waals surface area contributed by atoms with E-state index in [0.29, 0.717) is 11.4 Å². The van der Waals surface area contributed by atoms with Gasteiger partial charge in [0.2, 0.25) is 5.95 Å². The first-order chi connectivity index (χ1) is 15.9. The maximum atomic E-state index is 13.2. The number of carbonyl (C=O) groups is 1. The van der Waals surface area contributed by atoms with Crippen molar-refractivity contribution in [2.75, 3.05) is 12.4 Å². The van der Waals surface area contributed by atoms with E-state index < -0.39 is 18.6 Å². The smallest absolute Gasteiger partial charge is 0.387 e. The van der Waals surface area contributed by atoms with E-state index in [0.717, 1.165) is 5.56 Å². The Morgan fingerprint density at radius 1 is 1.24 bits per heavy atom. The van der Waals surface area contributed by atoms with Crippen molar-refractivity contribution in [3.05, 3.63) is 69.9 Å². The third-order valence-electron chi connectivity index (χ3n) is 4.95. The summed E-state index contributed by atoms with van der Waals surface area (Å²) in [6, 6.07) is 10.1. The van der Waals surface area contributed by atoms with Crippen molar-refractivity contribution in [2.45, 2.75) is 26.2 Å². The van der Waals surface area contributed by atoms with Crippen molar-refractivity contribution in [1.29, 1.82) is 0 Å². The minimum absolute atomic E-state index is 0.0231. The average molecular weight is 478 g/mol. The minimum Gasteiger partial charge on any atom is -0.497 e. The third-order valence-corrected chi connectivity index (χ3v) is 5.18. The number of carbonyl (C=O) groups excluding carboxylic acids is 1. The van der Waals surface area contributed by atoms with Crippen molar-refractivity contribution < 1.29 is 27.8 Å². The van der Waals surface area contributed by atoms with Crippen LogP contribution >= 0.6 is 11.6 Å². The van der Waals surface area contributed by atoms with Gasteiger partial charge in [-0.1, -0.05) is 28.8 Å². The van der Waals surface area contributed by atoms with Gasteiger partial charge >= 0.3 is 12.6 Å². The van der Waals surface area contributed by atoms with Gasteiger partial charge < -0.3 is 19.5 Å². The van der Waals surface area contributed by atoms with Crippen molar-refractivity contribution in [3.8, 4) is 11.5 Å². The van der Waals surface area contributed by atoms with Gasteiger partial charge in [0.15, 0.2) is 0 Å². The normalized spacial score (nSPS) is 15.2. The lowest BCUT2D eigenvalue weighted by atomic mass is 9.95. The van der Waals surface area contributed by atoms with E-state index in [-0.39, 0.29) is 34.5 Å². The summed E-state index contributed by atoms with van der Waals surface area (Å²) in [5.41, 5.74) is 1.42. The molecule has 0 saturated carbocycles. The van der Waals surface area contributed by atoms with E-state index in [4.69, 9.17) is 21.1 Å². The van der Waals surface area contributed by atoms with E-state index in [1.807, 2.05) is 0 Å². The number of tetrazole rings is 1. The SMILES string of the molecule is COc1ccc(COC(=O)C2=C(C)Nc3nnnn3[C@H]2c2cc(Cl)ccc2OC(F)F)cc1. The Bertz CT molecular complexity index is 1200. The highest BCUT2D eigenvalue weighted by atomic mass is 35.5. The molecule has 0 aliphatic carbocycles. The Kier molecular flexibility index (Phi) is 6.40. The molecule has 33 heavy (non-hydrogen) atoms. The first-order valence-corrected chi connectivity index (χ1v) is 10.0. The van der Waals surface area contributed by atoms with Crippen LogP contribution in [0.2, 0.25) is 5.02 Å². The molecule has 0 amide bonds. The predicted molar refractivity (Wildman–Crippen MR) is 113 cm³/mol. The zero-order chi connectivity index (χ0) is 23.5. The largest absolute Gasteiger partial charge is 0.497 e. The first kappa shape index (κ1) is 22.5. The number of methoxy groups -OCH3 is 1. The van der Waals surface area contributed by atoms with Crippen molar-refractivity contribution in [2.24, 2.45) is 0 Å². The molecule has 4 rings (SSSR count). The number of halogens is 3. The van der Waals surface area contributed by atoms with Gasteiger partial charge in [0.25, 0.3) is 0 Å². The Balaban J connectivity index is 1.70. The maximum Gasteiger partial charge on any atom is 0.387 e. The fraction of sp³-hybridized carbons (Fsp3) is 0.238. The monoisotopic (exact) mass is 477 g/mol. The van der Waals surface area contributed by atoms with Crippen LogP contribution in [0.5, 0.6) is 11.5 Å². The van der Waals surface area contributed by atoms with Gasteiger partial charge in [-0.25, -0.2) is 4.79 Å². The van der Waals surface area contributed by atoms with Crippen molar-refractivity contribution in [1.82, 2.24) is 20.2 Å². The summed E-state index contributed by atoms with van der Waals surface area (Å²) in [5.74, 6) is 0.0204. The summed E-state index contributed by atoms with van der Waals surface area (Å²) >= 11 is 6.14. The fourth-order valence-electron chi connectivity index (χ4n) is 3.45. The lowest BCUT2D eigenvalue weighted by Crippen LogP contribution is -2.30. The number of fused-ring (bicyclic) bond motifs is 1. The van der Waals surface area contributed by atoms with Gasteiger partial charge in [0.1, 0.15) is 24.1 Å². The zero-order valence-corrected chi connectivity index (χ0v) is 18.2. The molecule has 1 aliphatic rings. The second kappa shape index (κ2) is 9.41. The van der Waals surface area contributed by atoms with Crippen LogP contribution in [-0.4, -0.2) is 39.9 Å². The summed E-state index contributed by atoms with van der Waals surface area (Å²) in [4.78, 5) is 13.2. The number of nitrogens with one attached hydrogen (secondary N) is 1. The van der Waals surface area contributed by atoms with Crippen LogP contribution in [0.4, 0.5) is 14.7 Å². The highest BCUT2D eigenvalue weighted by Crippen LogP contribution is 2.40. The van der Waals surface area contributed by atoms with E-state index >= 15 is 0 Å². The molecular formula is C21H18ClF2N5O4. The molecule has 0 bridgehead atoms. The second-order valence-corrected chi connectivity index (χ2v) is 7.43. The number of hydrogen-bond donors (Lipinski definition) is 1. The van der Waals surface area contributed by atoms with Crippen LogP contribution < -0.4 is 14.8 Å². The summed E-state index contributed by atoms with van der Waals surface area (Å²) in [6.07, 6.45) is 0. The number of allylic oxidation sites excluding steroid dienone is 1. The van der Waals surface area contributed by atoms with Crippen molar-refractivity contribution in [3.63, 3.8) is 0 Å². The molecule has 0 fully saturated rings. The van der Waals surface area contributed by atoms with Gasteiger partial charge in [0.05, 0.1) is 12.7 Å². The van der Waals surface area contributed by atoms with Gasteiger partial charge in [-0.15, -0.1) is 0 Å². The number of hydrogen-bond acceptors (Lipinski definition) is 8. The molecule has 1 aromatic heterocycles. The molecular weight excluding hydrogens is 460 g/mol. The Hall–Kier alpha value is -3.73. The van der Waals surface area contributed by atoms with Gasteiger partial charge in [-0.05, 0) is 53.2 Å². The van der Waals surface area contributed by atoms with Crippen LogP contribution in [0.25, 0.3) is 0 Å². The van der Waals surface area contributed by atoms with Crippen LogP contribution in [0, 0.1) is 0 Å². The Morgan fingerprint density at radius 3 is 2.70 bits per heavy atom. The number of ether oxygens (including phenoxy) is 3. The van der Waals surface area contributed by atoms with Crippen LogP contribution in [0.1, 0.15) is 24.1 Å². The molecule has 172 valence electrons. The Labute approximate surface area is 191 Å². The van der Waals surface area contributed by atoms with Crippen molar-refractivity contribution >= 4 is 23.5 Å². The molecule has 0 radical (unpaired) electrons. The van der Waals surface area contributed by atoms with E-state index in [1.165, 1.54) is 22.9 Å². The first-order valence-electron chi connectivity index (χ1n) is 9.67. The molecule has 12 heteroatoms. The quantitative estimate of drug-likeness (QED) is 0.510. The number of anilines is 1. The number of benzene rings is 2. The maximum absolute atomic E-state index is 13.2. The zero-order valence-electron chi connectivity index (χ0n) is 17.5. The third kappa shape index (κ3) is 4.72. The van der Waals surface area contributed by atoms with E-state index in [1.54, 1.807) is 38.3 Å². The van der Waals surface area contributed by atoms with Crippen LogP contribution in [0.3, 0.4) is 0 Å². The van der Waals surface area contributed by atoms with Crippen LogP contribution in [0.15, 0.2) is 53.7 Å². The van der Waals surface area contributed by atoms with Gasteiger partial charge in [-0.2, -0.15) is 13.5 Å². The molecule has 2 aromatic carbocycles. The topological polar surface area (TPSA) is 100 Å². The van der Waals surface area contributed by atoms with E-state index in [2.05, 4.69) is 25.6 Å². The molecule has 0 saturated heterocycles. The molecule has 0 spiro atoms. The average Bonchev–Trinajstić information content (AvgIpc) is 3.26. The van der Waals surface area contributed by atoms with E-state index in [9.17, 15) is 13.6 Å². The second-order valence-electron chi connectivity index (χ2n) is 7.00. The summed E-state index contributed by atoms with van der Waals surface area (Å²) in [7, 11) is 1.55. The van der Waals surface area contributed by atoms with Gasteiger partial charge in [-0.3, -0.25) is 0 Å². The molecule has 2 heterocycles. The number of alkyl halides is 2. The lowest BCUT2D eigenvalue weighted by molar-refractivity contribution is -0.140. The molecule has 9 nitrogen and oxygen atoms in total.